The fraction of sp³-hybridized carbons (Fsp3) is 0.0571. The zero-order chi connectivity index (χ0) is 53.1. The summed E-state index contributed by atoms with van der Waals surface area (Å²) >= 11 is 3.88. The highest BCUT2D eigenvalue weighted by molar-refractivity contribution is 8.01. The molecule has 0 bridgehead atoms. The summed E-state index contributed by atoms with van der Waals surface area (Å²) in [6.45, 7) is 8.75. The normalized spacial score (nSPS) is 14.0. The highest BCUT2D eigenvalue weighted by Gasteiger charge is 2.53. The highest BCUT2D eigenvalue weighted by atomic mass is 32.2. The van der Waals surface area contributed by atoms with Gasteiger partial charge in [-0.15, -0.1) is 0 Å². The van der Waals surface area contributed by atoms with Gasteiger partial charge in [0.25, 0.3) is 13.4 Å². The smallest absolute Gasteiger partial charge is 0.260 e. The Bertz CT molecular complexity index is 4160. The lowest BCUT2D eigenvalue weighted by atomic mass is 9.29. The van der Waals surface area contributed by atoms with E-state index in [0.29, 0.717) is 0 Å². The zero-order valence-corrected chi connectivity index (χ0v) is 46.1. The van der Waals surface area contributed by atoms with Crippen molar-refractivity contribution < 1.29 is 9.47 Å². The Labute approximate surface area is 476 Å². The van der Waals surface area contributed by atoms with Gasteiger partial charge >= 0.3 is 0 Å². The number of para-hydroxylation sites is 6. The average Bonchev–Trinajstić information content (AvgIpc) is 3.50. The summed E-state index contributed by atoms with van der Waals surface area (Å²) in [6.07, 6.45) is 0. The van der Waals surface area contributed by atoms with Gasteiger partial charge in [0.2, 0.25) is 6.71 Å². The number of benzene rings is 11. The summed E-state index contributed by atoms with van der Waals surface area (Å²) < 4.78 is 15.0. The van der Waals surface area contributed by atoms with Crippen LogP contribution in [0.1, 0.15) is 22.3 Å². The molecule has 11 aromatic rings. The first-order valence-corrected chi connectivity index (χ1v) is 29.3. The number of hydrogen-bond acceptors (Lipinski definition) is 7. The molecule has 0 saturated carbocycles. The molecule has 6 aliphatic rings. The van der Waals surface area contributed by atoms with Crippen LogP contribution in [0.25, 0.3) is 0 Å². The van der Waals surface area contributed by atoms with Gasteiger partial charge in [0.1, 0.15) is 23.0 Å². The molecular weight excluding hydrogens is 1010 g/mol. The second kappa shape index (κ2) is 17.4. The lowest BCUT2D eigenvalue weighted by Crippen LogP contribution is -2.67. The lowest BCUT2D eigenvalue weighted by Gasteiger charge is -2.48. The van der Waals surface area contributed by atoms with Gasteiger partial charge in [-0.05, 0) is 149 Å². The number of anilines is 9. The number of nitrogens with zero attached hydrogens (tertiary/aromatic N) is 3. The van der Waals surface area contributed by atoms with Crippen molar-refractivity contribution in [3.63, 3.8) is 0 Å². The van der Waals surface area contributed by atoms with E-state index in [0.717, 1.165) is 84.7 Å². The molecule has 0 amide bonds. The summed E-state index contributed by atoms with van der Waals surface area (Å²) in [6, 6.07) is 80.7. The molecule has 0 saturated heterocycles. The molecule has 17 rings (SSSR count). The molecule has 0 aromatic heterocycles. The largest absolute Gasteiger partial charge is 0.459 e. The molecule has 0 spiro atoms. The van der Waals surface area contributed by atoms with Crippen LogP contribution in [-0.2, 0) is 0 Å². The van der Waals surface area contributed by atoms with Crippen LogP contribution >= 0.6 is 23.5 Å². The van der Waals surface area contributed by atoms with Crippen molar-refractivity contribution in [2.75, 3.05) is 14.7 Å². The topological polar surface area (TPSA) is 28.2 Å². The van der Waals surface area contributed by atoms with Gasteiger partial charge < -0.3 is 24.2 Å². The van der Waals surface area contributed by atoms with Gasteiger partial charge in [-0.3, -0.25) is 0 Å². The molecule has 11 aromatic carbocycles. The predicted molar refractivity (Wildman–Crippen MR) is 338 cm³/mol. The van der Waals surface area contributed by atoms with E-state index in [1.54, 1.807) is 0 Å². The number of aryl methyl sites for hydroxylation is 4. The molecule has 0 aliphatic carbocycles. The zero-order valence-electron chi connectivity index (χ0n) is 44.5. The molecule has 0 unspecified atom stereocenters. The van der Waals surface area contributed by atoms with Crippen molar-refractivity contribution in [2.24, 2.45) is 0 Å². The third-order valence-corrected chi connectivity index (χ3v) is 19.9. The first-order chi connectivity index (χ1) is 39.4. The fourth-order valence-corrected chi connectivity index (χ4v) is 16.9. The molecule has 376 valence electrons. The number of rotatable bonds is 5. The molecule has 0 atom stereocenters. The Hall–Kier alpha value is -8.69. The maximum Gasteiger partial charge on any atom is 0.260 e. The van der Waals surface area contributed by atoms with Crippen molar-refractivity contribution in [2.45, 2.75) is 47.3 Å². The second-order valence-corrected chi connectivity index (χ2v) is 24.2. The van der Waals surface area contributed by atoms with Crippen LogP contribution in [0.5, 0.6) is 23.0 Å². The maximum atomic E-state index is 7.72. The summed E-state index contributed by atoms with van der Waals surface area (Å²) in [5.74, 6) is 3.44. The highest BCUT2D eigenvalue weighted by Crippen LogP contribution is 2.54. The summed E-state index contributed by atoms with van der Waals surface area (Å²) in [5, 5.41) is 0. The van der Waals surface area contributed by atoms with Crippen molar-refractivity contribution in [1.82, 2.24) is 0 Å². The van der Waals surface area contributed by atoms with E-state index in [9.17, 15) is 0 Å². The van der Waals surface area contributed by atoms with Crippen LogP contribution in [0, 0.1) is 27.7 Å². The van der Waals surface area contributed by atoms with Gasteiger partial charge in [-0.25, -0.2) is 0 Å². The Morgan fingerprint density at radius 2 is 0.800 bits per heavy atom. The SMILES string of the molecule is Cc1cccc(C)c1N1c2cc(N(c3ccccc3)c3ccccc3)cc3c2B(c2c1cc1c4c2Oc2ccccc2B4c2ccccc2O1)c1c(cc2c4c1Sc1ccccc1B4c1ccccc1S2)N3c1c(C)cccc1C. The van der Waals surface area contributed by atoms with Gasteiger partial charge in [0, 0.05) is 65.2 Å². The quantitative estimate of drug-likeness (QED) is 0.159. The Balaban J connectivity index is 1.07. The predicted octanol–water partition coefficient (Wildman–Crippen LogP) is 12.6. The average molecular weight is 1060 g/mol. The van der Waals surface area contributed by atoms with Crippen LogP contribution in [0.4, 0.5) is 51.2 Å². The fourth-order valence-electron chi connectivity index (χ4n) is 14.3. The van der Waals surface area contributed by atoms with E-state index >= 15 is 0 Å². The first-order valence-electron chi connectivity index (χ1n) is 27.7. The van der Waals surface area contributed by atoms with Crippen LogP contribution < -0.4 is 73.3 Å². The van der Waals surface area contributed by atoms with Gasteiger partial charge in [0.15, 0.2) is 0 Å². The van der Waals surface area contributed by atoms with Crippen molar-refractivity contribution >= 4 is 144 Å². The standard InChI is InChI=1S/C70H48B3N3O2S2/c1-41-21-19-22-42(2)67(41)75-52-37-47(74(45-25-7-5-8-26-45)46-27-9-6-10-28-46)38-53-62(52)73(63-54(75)39-58-65-69(63)78-57-34-16-12-30-49(57)71(65)48-29-11-15-33-56(48)77-58)64-55(76(53)68-43(3)23-20-24-44(68)4)40-61-66-70(64)80-60-36-18-14-32-51(60)72(66)50-31-13-17-35-59(50)79-61/h5-40H,1-4H3. The monoisotopic (exact) mass is 1060 g/mol. The van der Waals surface area contributed by atoms with E-state index in [-0.39, 0.29) is 20.1 Å². The van der Waals surface area contributed by atoms with Crippen molar-refractivity contribution in [3.8, 4) is 23.0 Å². The van der Waals surface area contributed by atoms with Crippen LogP contribution in [-0.4, -0.2) is 20.1 Å². The molecule has 6 aliphatic heterocycles. The third kappa shape index (κ3) is 6.49. The van der Waals surface area contributed by atoms with E-state index in [1.165, 1.54) is 80.5 Å². The van der Waals surface area contributed by atoms with Gasteiger partial charge in [0.05, 0.1) is 17.1 Å². The van der Waals surface area contributed by atoms with E-state index in [1.807, 2.05) is 23.5 Å². The minimum absolute atomic E-state index is 0.0517. The molecule has 6 heterocycles. The van der Waals surface area contributed by atoms with E-state index in [2.05, 4.69) is 261 Å². The second-order valence-electron chi connectivity index (χ2n) is 22.0. The van der Waals surface area contributed by atoms with E-state index in [4.69, 9.17) is 9.47 Å². The van der Waals surface area contributed by atoms with Gasteiger partial charge in [-0.2, -0.15) is 0 Å². The van der Waals surface area contributed by atoms with Crippen LogP contribution in [0.3, 0.4) is 0 Å². The Morgan fingerprint density at radius 1 is 0.338 bits per heavy atom. The lowest BCUT2D eigenvalue weighted by molar-refractivity contribution is 0.467. The van der Waals surface area contributed by atoms with Crippen LogP contribution in [0.2, 0.25) is 0 Å². The molecule has 10 heteroatoms. The molecule has 80 heavy (non-hydrogen) atoms. The van der Waals surface area contributed by atoms with Crippen LogP contribution in [0.15, 0.2) is 238 Å². The van der Waals surface area contributed by atoms with Crippen molar-refractivity contribution in [3.05, 3.63) is 241 Å². The van der Waals surface area contributed by atoms with Gasteiger partial charge in [-0.1, -0.05) is 180 Å². The molecule has 5 nitrogen and oxygen atoms in total. The minimum atomic E-state index is -0.300. The molecule has 0 N–H and O–H groups in total. The summed E-state index contributed by atoms with van der Waals surface area (Å²) in [7, 11) is 0. The maximum absolute atomic E-state index is 7.72. The number of hydrogen-bond donors (Lipinski definition) is 0. The molecule has 0 radical (unpaired) electrons. The van der Waals surface area contributed by atoms with E-state index < -0.39 is 0 Å². The third-order valence-electron chi connectivity index (χ3n) is 17.5. The summed E-state index contributed by atoms with van der Waals surface area (Å²) in [4.78, 5) is 12.9. The van der Waals surface area contributed by atoms with Crippen molar-refractivity contribution in [1.29, 1.82) is 0 Å². The molecular formula is C70H48B3N3O2S2. The Morgan fingerprint density at radius 3 is 1.38 bits per heavy atom. The summed E-state index contributed by atoms with van der Waals surface area (Å²) in [5.41, 5.74) is 26.0. The number of ether oxygens (including phenoxy) is 2. The number of fused-ring (bicyclic) bond motifs is 14. The minimum Gasteiger partial charge on any atom is -0.459 e. The molecule has 0 fully saturated rings. The first kappa shape index (κ1) is 46.2. The Kier molecular flexibility index (Phi) is 10.1.